The molecule has 3 aromatic rings. The van der Waals surface area contributed by atoms with Crippen LogP contribution < -0.4 is 10.1 Å². The zero-order chi connectivity index (χ0) is 19.7. The highest BCUT2D eigenvalue weighted by atomic mass is 32.1. The van der Waals surface area contributed by atoms with Crippen molar-refractivity contribution in [3.63, 3.8) is 0 Å². The van der Waals surface area contributed by atoms with E-state index in [1.807, 2.05) is 60.0 Å². The van der Waals surface area contributed by atoms with Crippen LogP contribution in [0.2, 0.25) is 0 Å². The van der Waals surface area contributed by atoms with Crippen molar-refractivity contribution in [3.05, 3.63) is 71.2 Å². The van der Waals surface area contributed by atoms with Crippen LogP contribution in [-0.2, 0) is 16.9 Å². The normalized spacial score (nSPS) is 19.0. The Morgan fingerprint density at radius 1 is 1.11 bits per heavy atom. The molecule has 3 amide bonds. The van der Waals surface area contributed by atoms with Gasteiger partial charge < -0.3 is 10.1 Å². The van der Waals surface area contributed by atoms with E-state index in [0.29, 0.717) is 5.69 Å². The summed E-state index contributed by atoms with van der Waals surface area (Å²) in [4.78, 5) is 31.3. The van der Waals surface area contributed by atoms with Crippen LogP contribution in [0.3, 0.4) is 0 Å². The minimum absolute atomic E-state index is 0.139. The zero-order valence-corrected chi connectivity index (χ0v) is 16.3. The molecular formula is C21H19N3O3S. The number of carbonyl (C=O) groups excluding carboxylic acids is 2. The number of carbonyl (C=O) groups is 2. The molecular weight excluding hydrogens is 374 g/mol. The fraction of sp³-hybridized carbons (Fsp3) is 0.190. The number of aromatic nitrogens is 1. The van der Waals surface area contributed by atoms with Gasteiger partial charge in [-0.05, 0) is 36.8 Å². The number of urea groups is 1. The summed E-state index contributed by atoms with van der Waals surface area (Å²) >= 11 is 1.48. The molecule has 1 aliphatic heterocycles. The van der Waals surface area contributed by atoms with Gasteiger partial charge in [-0.1, -0.05) is 30.3 Å². The summed E-state index contributed by atoms with van der Waals surface area (Å²) in [7, 11) is 1.62. The van der Waals surface area contributed by atoms with Crippen LogP contribution >= 0.6 is 11.3 Å². The van der Waals surface area contributed by atoms with Crippen molar-refractivity contribution < 1.29 is 14.3 Å². The van der Waals surface area contributed by atoms with Crippen molar-refractivity contribution >= 4 is 23.3 Å². The number of imide groups is 1. The second kappa shape index (κ2) is 7.09. The lowest BCUT2D eigenvalue weighted by Crippen LogP contribution is -2.40. The molecule has 1 aromatic heterocycles. The smallest absolute Gasteiger partial charge is 0.325 e. The molecule has 0 radical (unpaired) electrons. The summed E-state index contributed by atoms with van der Waals surface area (Å²) in [6, 6.07) is 16.5. The highest BCUT2D eigenvalue weighted by Gasteiger charge is 2.48. The van der Waals surface area contributed by atoms with Gasteiger partial charge in [0.25, 0.3) is 5.91 Å². The zero-order valence-electron chi connectivity index (χ0n) is 15.5. The first-order valence-corrected chi connectivity index (χ1v) is 9.68. The average molecular weight is 393 g/mol. The SMILES string of the molecule is COc1ccc(-c2nc(CN3C(=O)NC(C)(c4ccccc4)C3=O)cs2)cc1. The number of hydrogen-bond donors (Lipinski definition) is 1. The third-order valence-corrected chi connectivity index (χ3v) is 5.78. The molecule has 1 aliphatic rings. The summed E-state index contributed by atoms with van der Waals surface area (Å²) in [6.07, 6.45) is 0. The standard InChI is InChI=1S/C21H19N3O3S/c1-21(15-6-4-3-5-7-15)19(25)24(20(26)23-21)12-16-13-28-18(22-16)14-8-10-17(27-2)11-9-14/h3-11,13H,12H2,1-2H3,(H,23,26). The molecule has 1 saturated heterocycles. The number of thiazole rings is 1. The molecule has 6 nitrogen and oxygen atoms in total. The Bertz CT molecular complexity index is 1020. The van der Waals surface area contributed by atoms with Gasteiger partial charge in [0.1, 0.15) is 16.3 Å². The second-order valence-electron chi connectivity index (χ2n) is 6.68. The first-order valence-electron chi connectivity index (χ1n) is 8.80. The van der Waals surface area contributed by atoms with Crippen LogP contribution in [0.25, 0.3) is 10.6 Å². The van der Waals surface area contributed by atoms with Gasteiger partial charge in [0, 0.05) is 10.9 Å². The van der Waals surface area contributed by atoms with E-state index >= 15 is 0 Å². The molecule has 0 bridgehead atoms. The molecule has 0 aliphatic carbocycles. The monoisotopic (exact) mass is 393 g/mol. The number of rotatable bonds is 5. The Morgan fingerprint density at radius 2 is 1.82 bits per heavy atom. The van der Waals surface area contributed by atoms with E-state index in [4.69, 9.17) is 4.74 Å². The van der Waals surface area contributed by atoms with Crippen molar-refractivity contribution in [1.82, 2.24) is 15.2 Å². The number of methoxy groups -OCH3 is 1. The van der Waals surface area contributed by atoms with Crippen molar-refractivity contribution in [3.8, 4) is 16.3 Å². The van der Waals surface area contributed by atoms with Crippen LogP contribution in [0.4, 0.5) is 4.79 Å². The summed E-state index contributed by atoms with van der Waals surface area (Å²) in [5.74, 6) is 0.503. The van der Waals surface area contributed by atoms with Gasteiger partial charge in [-0.2, -0.15) is 0 Å². The molecule has 0 saturated carbocycles. The van der Waals surface area contributed by atoms with Crippen molar-refractivity contribution in [2.24, 2.45) is 0 Å². The number of ether oxygens (including phenoxy) is 1. The Morgan fingerprint density at radius 3 is 2.50 bits per heavy atom. The lowest BCUT2D eigenvalue weighted by Gasteiger charge is -2.21. The number of amides is 3. The second-order valence-corrected chi connectivity index (χ2v) is 7.54. The van der Waals surface area contributed by atoms with E-state index in [1.165, 1.54) is 16.2 Å². The molecule has 1 unspecified atom stereocenters. The summed E-state index contributed by atoms with van der Waals surface area (Å²) in [5, 5.41) is 5.52. The Balaban J connectivity index is 1.54. The lowest BCUT2D eigenvalue weighted by atomic mass is 9.92. The van der Waals surface area contributed by atoms with Crippen LogP contribution in [-0.4, -0.2) is 28.9 Å². The first kappa shape index (κ1) is 18.2. The molecule has 2 heterocycles. The van der Waals surface area contributed by atoms with Gasteiger partial charge in [0.15, 0.2) is 0 Å². The first-order chi connectivity index (χ1) is 13.5. The highest BCUT2D eigenvalue weighted by molar-refractivity contribution is 7.13. The third-order valence-electron chi connectivity index (χ3n) is 4.83. The maximum atomic E-state index is 13.0. The van der Waals surface area contributed by atoms with E-state index in [9.17, 15) is 9.59 Å². The van der Waals surface area contributed by atoms with Crippen LogP contribution in [0.15, 0.2) is 60.0 Å². The van der Waals surface area contributed by atoms with E-state index in [-0.39, 0.29) is 12.5 Å². The molecule has 1 atom stereocenters. The van der Waals surface area contributed by atoms with Gasteiger partial charge in [-0.3, -0.25) is 9.69 Å². The summed E-state index contributed by atoms with van der Waals surface area (Å²) < 4.78 is 5.17. The van der Waals surface area contributed by atoms with Crippen molar-refractivity contribution in [2.75, 3.05) is 7.11 Å². The van der Waals surface area contributed by atoms with E-state index in [2.05, 4.69) is 10.3 Å². The summed E-state index contributed by atoms with van der Waals surface area (Å²) in [5.41, 5.74) is 1.33. The number of benzene rings is 2. The fourth-order valence-electron chi connectivity index (χ4n) is 3.22. The van der Waals surface area contributed by atoms with Crippen molar-refractivity contribution in [1.29, 1.82) is 0 Å². The Labute approximate surface area is 166 Å². The molecule has 142 valence electrons. The number of nitrogens with zero attached hydrogens (tertiary/aromatic N) is 2. The Hall–Kier alpha value is -3.19. The third kappa shape index (κ3) is 3.14. The molecule has 1 N–H and O–H groups in total. The highest BCUT2D eigenvalue weighted by Crippen LogP contribution is 2.31. The predicted octanol–water partition coefficient (Wildman–Crippen LogP) is 3.79. The minimum Gasteiger partial charge on any atom is -0.497 e. The maximum Gasteiger partial charge on any atom is 0.325 e. The van der Waals surface area contributed by atoms with E-state index in [1.54, 1.807) is 14.0 Å². The van der Waals surface area contributed by atoms with Gasteiger partial charge in [0.05, 0.1) is 19.3 Å². The molecule has 28 heavy (non-hydrogen) atoms. The van der Waals surface area contributed by atoms with E-state index < -0.39 is 11.6 Å². The molecule has 4 rings (SSSR count). The molecule has 7 heteroatoms. The van der Waals surface area contributed by atoms with Crippen LogP contribution in [0.5, 0.6) is 5.75 Å². The predicted molar refractivity (Wildman–Crippen MR) is 107 cm³/mol. The lowest BCUT2D eigenvalue weighted by molar-refractivity contribution is -0.131. The number of nitrogens with one attached hydrogen (secondary N) is 1. The van der Waals surface area contributed by atoms with Gasteiger partial charge in [-0.25, -0.2) is 9.78 Å². The number of hydrogen-bond acceptors (Lipinski definition) is 5. The molecule has 0 spiro atoms. The van der Waals surface area contributed by atoms with Crippen LogP contribution in [0.1, 0.15) is 18.2 Å². The van der Waals surface area contributed by atoms with Gasteiger partial charge in [0.2, 0.25) is 0 Å². The van der Waals surface area contributed by atoms with Gasteiger partial charge in [-0.15, -0.1) is 11.3 Å². The van der Waals surface area contributed by atoms with Crippen molar-refractivity contribution in [2.45, 2.75) is 19.0 Å². The Kier molecular flexibility index (Phi) is 4.60. The largest absolute Gasteiger partial charge is 0.497 e. The maximum absolute atomic E-state index is 13.0. The molecule has 2 aromatic carbocycles. The molecule has 1 fully saturated rings. The quantitative estimate of drug-likeness (QED) is 0.670. The topological polar surface area (TPSA) is 71.5 Å². The fourth-order valence-corrected chi connectivity index (χ4v) is 4.03. The summed E-state index contributed by atoms with van der Waals surface area (Å²) in [6.45, 7) is 1.87. The van der Waals surface area contributed by atoms with Gasteiger partial charge >= 0.3 is 6.03 Å². The van der Waals surface area contributed by atoms with E-state index in [0.717, 1.165) is 21.9 Å². The van der Waals surface area contributed by atoms with Crippen LogP contribution in [0, 0.1) is 0 Å². The minimum atomic E-state index is -1.06. The average Bonchev–Trinajstić information content (AvgIpc) is 3.28.